The summed E-state index contributed by atoms with van der Waals surface area (Å²) in [5, 5.41) is 5.44. The van der Waals surface area contributed by atoms with E-state index >= 15 is 0 Å². The molecule has 1 aliphatic carbocycles. The summed E-state index contributed by atoms with van der Waals surface area (Å²) in [6.07, 6.45) is 7.72. The van der Waals surface area contributed by atoms with Gasteiger partial charge in [-0.25, -0.2) is 0 Å². The van der Waals surface area contributed by atoms with E-state index in [9.17, 15) is 9.59 Å². The number of aromatic amines is 2. The molecule has 0 saturated carbocycles. The second-order valence-corrected chi connectivity index (χ2v) is 2.77. The van der Waals surface area contributed by atoms with Crippen LogP contribution in [0.15, 0.2) is 21.7 Å². The van der Waals surface area contributed by atoms with E-state index in [0.717, 1.165) is 0 Å². The second-order valence-electron chi connectivity index (χ2n) is 2.77. The Bertz CT molecular complexity index is 576. The molecule has 0 aliphatic heterocycles. The third-order valence-corrected chi connectivity index (χ3v) is 1.93. The van der Waals surface area contributed by atoms with E-state index in [1.807, 2.05) is 19.9 Å². The normalized spacial score (nSPS) is 12.4. The Balaban J connectivity index is 0.000000531. The van der Waals surface area contributed by atoms with E-state index in [-0.39, 0.29) is 11.1 Å². The quantitative estimate of drug-likeness (QED) is 0.607. The Labute approximate surface area is 86.6 Å². The first-order valence-electron chi connectivity index (χ1n) is 4.97. The Kier molecular flexibility index (Phi) is 3.85. The number of hydrogen-bond donors (Lipinski definition) is 2. The van der Waals surface area contributed by atoms with E-state index in [2.05, 4.69) is 10.2 Å². The van der Waals surface area contributed by atoms with Crippen molar-refractivity contribution in [2.45, 2.75) is 20.3 Å². The molecule has 0 bridgehead atoms. The summed E-state index contributed by atoms with van der Waals surface area (Å²) in [6, 6.07) is 0. The molecule has 4 heteroatoms. The van der Waals surface area contributed by atoms with E-state index in [0.29, 0.717) is 16.9 Å². The van der Waals surface area contributed by atoms with Gasteiger partial charge in [0.05, 0.1) is 10.4 Å². The van der Waals surface area contributed by atoms with Gasteiger partial charge in [-0.05, 0) is 12.5 Å². The van der Waals surface area contributed by atoms with Crippen LogP contribution in [0.5, 0.6) is 0 Å². The van der Waals surface area contributed by atoms with Gasteiger partial charge in [0, 0.05) is 0 Å². The maximum atomic E-state index is 11.3. The fraction of sp³-hybridized carbons (Fsp3) is 0.273. The van der Waals surface area contributed by atoms with Gasteiger partial charge in [0.1, 0.15) is 0 Å². The summed E-state index contributed by atoms with van der Waals surface area (Å²) in [6.45, 7) is 4.00. The fourth-order valence-electron chi connectivity index (χ4n) is 1.29. The monoisotopic (exact) mass is 206 g/mol. The average Bonchev–Trinajstić information content (AvgIpc) is 2.52. The molecule has 0 unspecified atom stereocenters. The molecule has 4 nitrogen and oxygen atoms in total. The van der Waals surface area contributed by atoms with E-state index < -0.39 is 0 Å². The number of fused-ring (bicyclic) bond motifs is 1. The van der Waals surface area contributed by atoms with Gasteiger partial charge in [0.2, 0.25) is 0 Å². The molecule has 1 aromatic rings. The molecular weight excluding hydrogens is 192 g/mol. The molecule has 1 heterocycles. The average molecular weight is 206 g/mol. The Morgan fingerprint density at radius 3 is 2.33 bits per heavy atom. The van der Waals surface area contributed by atoms with Crippen LogP contribution >= 0.6 is 0 Å². The van der Waals surface area contributed by atoms with Crippen LogP contribution < -0.4 is 21.6 Å². The zero-order valence-electron chi connectivity index (χ0n) is 8.83. The maximum absolute atomic E-state index is 11.3. The zero-order valence-corrected chi connectivity index (χ0v) is 8.83. The lowest BCUT2D eigenvalue weighted by Gasteiger charge is -1.86. The first kappa shape index (κ1) is 11.2. The summed E-state index contributed by atoms with van der Waals surface area (Å²) in [5.41, 5.74) is -0.521. The lowest BCUT2D eigenvalue weighted by molar-refractivity contribution is 0.923. The van der Waals surface area contributed by atoms with Gasteiger partial charge in [-0.3, -0.25) is 19.8 Å². The molecule has 1 aromatic heterocycles. The first-order valence-corrected chi connectivity index (χ1v) is 4.97. The third kappa shape index (κ3) is 2.34. The molecular formula is C11H14N2O2. The fourth-order valence-corrected chi connectivity index (χ4v) is 1.29. The molecule has 0 aromatic carbocycles. The predicted molar refractivity (Wildman–Crippen MR) is 61.0 cm³/mol. The lowest BCUT2D eigenvalue weighted by atomic mass is 10.3. The zero-order chi connectivity index (χ0) is 11.3. The van der Waals surface area contributed by atoms with Crippen molar-refractivity contribution < 1.29 is 0 Å². The smallest absolute Gasteiger partial charge is 0.267 e. The minimum absolute atomic E-state index is 0.255. The van der Waals surface area contributed by atoms with Crippen LogP contribution in [0.4, 0.5) is 0 Å². The SMILES string of the molecule is CC.O=c1[nH][nH]c(=O)c2c1=CC=CCC=2. The van der Waals surface area contributed by atoms with Gasteiger partial charge in [0.15, 0.2) is 0 Å². The van der Waals surface area contributed by atoms with E-state index in [1.165, 1.54) is 0 Å². The van der Waals surface area contributed by atoms with Crippen molar-refractivity contribution in [2.24, 2.45) is 0 Å². The Hall–Kier alpha value is -1.84. The van der Waals surface area contributed by atoms with Gasteiger partial charge in [-0.15, -0.1) is 0 Å². The van der Waals surface area contributed by atoms with Crippen molar-refractivity contribution in [3.8, 4) is 0 Å². The number of nitrogens with one attached hydrogen (secondary N) is 2. The van der Waals surface area contributed by atoms with Crippen LogP contribution in [-0.4, -0.2) is 10.2 Å². The molecule has 0 spiro atoms. The van der Waals surface area contributed by atoms with Crippen LogP contribution in [0.2, 0.25) is 0 Å². The van der Waals surface area contributed by atoms with Gasteiger partial charge in [0.25, 0.3) is 11.1 Å². The molecule has 1 aliphatic rings. The van der Waals surface area contributed by atoms with Crippen LogP contribution in [0.25, 0.3) is 12.2 Å². The summed E-state index contributed by atoms with van der Waals surface area (Å²) in [5.74, 6) is 0. The maximum Gasteiger partial charge on any atom is 0.270 e. The second kappa shape index (κ2) is 5.14. The standard InChI is InChI=1S/C9H8N2O2.C2H6/c12-8-6-4-2-1-3-5-7(6)9(13)11-10-8;1-2/h1-2,4-5H,3H2,(H,10,12)(H,11,13);1-2H3. The van der Waals surface area contributed by atoms with Crippen molar-refractivity contribution in [1.29, 1.82) is 0 Å². The van der Waals surface area contributed by atoms with Crippen molar-refractivity contribution in [3.63, 3.8) is 0 Å². The van der Waals surface area contributed by atoms with Gasteiger partial charge in [-0.2, -0.15) is 0 Å². The molecule has 2 N–H and O–H groups in total. The Morgan fingerprint density at radius 1 is 1.07 bits per heavy atom. The van der Waals surface area contributed by atoms with Crippen molar-refractivity contribution in [2.75, 3.05) is 0 Å². The van der Waals surface area contributed by atoms with Crippen LogP contribution in [0.1, 0.15) is 20.3 Å². The van der Waals surface area contributed by atoms with Crippen LogP contribution in [0, 0.1) is 0 Å². The van der Waals surface area contributed by atoms with E-state index in [1.54, 1.807) is 18.2 Å². The number of hydrogen-bond acceptors (Lipinski definition) is 2. The van der Waals surface area contributed by atoms with Crippen molar-refractivity contribution >= 4 is 12.2 Å². The molecule has 0 fully saturated rings. The molecule has 0 radical (unpaired) electrons. The number of rotatable bonds is 0. The van der Waals surface area contributed by atoms with Crippen LogP contribution in [-0.2, 0) is 0 Å². The highest BCUT2D eigenvalue weighted by Gasteiger charge is 1.96. The van der Waals surface area contributed by atoms with Crippen molar-refractivity contribution in [3.05, 3.63) is 43.3 Å². The van der Waals surface area contributed by atoms with Crippen molar-refractivity contribution in [1.82, 2.24) is 10.2 Å². The van der Waals surface area contributed by atoms with E-state index in [4.69, 9.17) is 0 Å². The summed E-state index contributed by atoms with van der Waals surface area (Å²) < 4.78 is 0. The molecule has 0 saturated heterocycles. The lowest BCUT2D eigenvalue weighted by Crippen LogP contribution is -2.50. The van der Waals surface area contributed by atoms with Gasteiger partial charge in [-0.1, -0.05) is 32.1 Å². The minimum atomic E-state index is -0.266. The molecule has 15 heavy (non-hydrogen) atoms. The number of H-pyrrole nitrogens is 2. The first-order chi connectivity index (χ1) is 7.29. The molecule has 2 rings (SSSR count). The summed E-state index contributed by atoms with van der Waals surface area (Å²) >= 11 is 0. The third-order valence-electron chi connectivity index (χ3n) is 1.93. The van der Waals surface area contributed by atoms with Gasteiger partial charge >= 0.3 is 0 Å². The minimum Gasteiger partial charge on any atom is -0.267 e. The van der Waals surface area contributed by atoms with Crippen LogP contribution in [0.3, 0.4) is 0 Å². The molecule has 0 amide bonds. The predicted octanol–water partition coefficient (Wildman–Crippen LogP) is -0.390. The van der Waals surface area contributed by atoms with Gasteiger partial charge < -0.3 is 0 Å². The highest BCUT2D eigenvalue weighted by Crippen LogP contribution is 1.85. The summed E-state index contributed by atoms with van der Waals surface area (Å²) in [4.78, 5) is 22.5. The summed E-state index contributed by atoms with van der Waals surface area (Å²) in [7, 11) is 0. The molecule has 80 valence electrons. The largest absolute Gasteiger partial charge is 0.270 e. The highest BCUT2D eigenvalue weighted by molar-refractivity contribution is 5.42. The Morgan fingerprint density at radius 2 is 1.67 bits per heavy atom. The molecule has 0 atom stereocenters. The topological polar surface area (TPSA) is 65.7 Å². The highest BCUT2D eigenvalue weighted by atomic mass is 16.1. The number of allylic oxidation sites excluding steroid dienone is 2. The number of aromatic nitrogens is 2.